The fourth-order valence-corrected chi connectivity index (χ4v) is 2.50. The van der Waals surface area contributed by atoms with E-state index in [4.69, 9.17) is 0 Å². The van der Waals surface area contributed by atoms with Crippen LogP contribution in [-0.2, 0) is 0 Å². The van der Waals surface area contributed by atoms with E-state index >= 15 is 0 Å². The zero-order valence-corrected chi connectivity index (χ0v) is 12.0. The molecule has 3 nitrogen and oxygen atoms in total. The molecule has 5 heteroatoms. The number of halogens is 2. The van der Waals surface area contributed by atoms with Crippen LogP contribution in [0.4, 0.5) is 8.78 Å². The van der Waals surface area contributed by atoms with E-state index in [9.17, 15) is 8.78 Å². The molecule has 1 fully saturated rings. The summed E-state index contributed by atoms with van der Waals surface area (Å²) in [4.78, 5) is 7.51. The van der Waals surface area contributed by atoms with Gasteiger partial charge in [0.15, 0.2) is 11.6 Å². The van der Waals surface area contributed by atoms with Gasteiger partial charge in [0.25, 0.3) is 0 Å². The molecular formula is C16H19F2N3. The molecule has 2 N–H and O–H groups in total. The van der Waals surface area contributed by atoms with Gasteiger partial charge in [0.05, 0.1) is 17.9 Å². The zero-order chi connectivity index (χ0) is 14.8. The van der Waals surface area contributed by atoms with E-state index < -0.39 is 11.6 Å². The molecule has 0 aliphatic heterocycles. The zero-order valence-electron chi connectivity index (χ0n) is 12.0. The van der Waals surface area contributed by atoms with Gasteiger partial charge in [-0.1, -0.05) is 6.42 Å². The molecular weight excluding hydrogens is 272 g/mol. The van der Waals surface area contributed by atoms with Crippen molar-refractivity contribution in [3.05, 3.63) is 41.9 Å². The molecule has 0 spiro atoms. The highest BCUT2D eigenvalue weighted by Gasteiger charge is 2.19. The van der Waals surface area contributed by atoms with Crippen LogP contribution >= 0.6 is 0 Å². The average Bonchev–Trinajstić information content (AvgIpc) is 2.89. The molecule has 1 saturated carbocycles. The van der Waals surface area contributed by atoms with Crippen LogP contribution in [0.3, 0.4) is 0 Å². The van der Waals surface area contributed by atoms with Crippen molar-refractivity contribution in [2.75, 3.05) is 6.54 Å². The Morgan fingerprint density at radius 1 is 1.33 bits per heavy atom. The lowest BCUT2D eigenvalue weighted by Crippen LogP contribution is -2.29. The minimum Gasteiger partial charge on any atom is -0.341 e. The van der Waals surface area contributed by atoms with Crippen LogP contribution in [0.25, 0.3) is 11.3 Å². The first kappa shape index (κ1) is 14.2. The molecule has 0 radical (unpaired) electrons. The minimum absolute atomic E-state index is 0.115. The topological polar surface area (TPSA) is 40.7 Å². The Morgan fingerprint density at radius 2 is 2.14 bits per heavy atom. The van der Waals surface area contributed by atoms with Gasteiger partial charge in [0.1, 0.15) is 5.82 Å². The van der Waals surface area contributed by atoms with Gasteiger partial charge in [-0.15, -0.1) is 0 Å². The third-order valence-electron chi connectivity index (χ3n) is 4.17. The molecule has 21 heavy (non-hydrogen) atoms. The standard InChI is InChI=1S/C16H19F2N3/c1-10(19-8-11-3-2-4-11)16-20-9-15(21-16)12-5-6-13(17)14(18)7-12/h5-7,9-11,19H,2-4,8H2,1H3,(H,20,21). The normalized spacial score (nSPS) is 16.7. The third-order valence-corrected chi connectivity index (χ3v) is 4.17. The number of aromatic amines is 1. The van der Waals surface area contributed by atoms with Crippen LogP contribution in [0.15, 0.2) is 24.4 Å². The molecule has 0 saturated heterocycles. The molecule has 112 valence electrons. The lowest BCUT2D eigenvalue weighted by Gasteiger charge is -2.26. The maximum Gasteiger partial charge on any atom is 0.159 e. The molecule has 0 bridgehead atoms. The lowest BCUT2D eigenvalue weighted by molar-refractivity contribution is 0.291. The summed E-state index contributed by atoms with van der Waals surface area (Å²) in [5.41, 5.74) is 1.29. The summed E-state index contributed by atoms with van der Waals surface area (Å²) in [5, 5.41) is 3.46. The first-order valence-corrected chi connectivity index (χ1v) is 7.37. The van der Waals surface area contributed by atoms with Crippen molar-refractivity contribution >= 4 is 0 Å². The molecule has 1 aromatic heterocycles. The third kappa shape index (κ3) is 3.13. The highest BCUT2D eigenvalue weighted by Crippen LogP contribution is 2.26. The number of benzene rings is 1. The van der Waals surface area contributed by atoms with Crippen LogP contribution in [0.2, 0.25) is 0 Å². The summed E-state index contributed by atoms with van der Waals surface area (Å²) in [5.74, 6) is -0.0871. The Labute approximate surface area is 122 Å². The monoisotopic (exact) mass is 291 g/mol. The molecule has 1 aromatic carbocycles. The summed E-state index contributed by atoms with van der Waals surface area (Å²) in [6.07, 6.45) is 5.60. The molecule has 1 heterocycles. The van der Waals surface area contributed by atoms with Gasteiger partial charge in [-0.25, -0.2) is 13.8 Å². The second-order valence-electron chi connectivity index (χ2n) is 5.74. The number of nitrogens with one attached hydrogen (secondary N) is 2. The van der Waals surface area contributed by atoms with Crippen LogP contribution in [0.1, 0.15) is 38.1 Å². The van der Waals surface area contributed by atoms with Gasteiger partial charge in [-0.05, 0) is 50.4 Å². The van der Waals surface area contributed by atoms with E-state index in [0.717, 1.165) is 24.4 Å². The summed E-state index contributed by atoms with van der Waals surface area (Å²) >= 11 is 0. The highest BCUT2D eigenvalue weighted by molar-refractivity contribution is 5.58. The molecule has 0 amide bonds. The van der Waals surface area contributed by atoms with Crippen molar-refractivity contribution in [1.82, 2.24) is 15.3 Å². The number of hydrogen-bond acceptors (Lipinski definition) is 2. The Morgan fingerprint density at radius 3 is 2.81 bits per heavy atom. The smallest absolute Gasteiger partial charge is 0.159 e. The van der Waals surface area contributed by atoms with E-state index in [0.29, 0.717) is 11.3 Å². The Balaban J connectivity index is 1.68. The SMILES string of the molecule is CC(NCC1CCC1)c1ncc(-c2ccc(F)c(F)c2)[nH]1. The molecule has 3 rings (SSSR count). The highest BCUT2D eigenvalue weighted by atomic mass is 19.2. The van der Waals surface area contributed by atoms with Crippen LogP contribution in [0, 0.1) is 17.6 Å². The predicted octanol–water partition coefficient (Wildman–Crippen LogP) is 3.81. The van der Waals surface area contributed by atoms with Gasteiger partial charge in [0, 0.05) is 5.56 Å². The summed E-state index contributed by atoms with van der Waals surface area (Å²) in [7, 11) is 0. The molecule has 2 aromatic rings. The van der Waals surface area contributed by atoms with Crippen molar-refractivity contribution in [2.45, 2.75) is 32.2 Å². The summed E-state index contributed by atoms with van der Waals surface area (Å²) < 4.78 is 26.2. The van der Waals surface area contributed by atoms with Crippen molar-refractivity contribution in [3.63, 3.8) is 0 Å². The van der Waals surface area contributed by atoms with Gasteiger partial charge < -0.3 is 10.3 Å². The van der Waals surface area contributed by atoms with Crippen LogP contribution < -0.4 is 5.32 Å². The number of aromatic nitrogens is 2. The maximum atomic E-state index is 13.3. The van der Waals surface area contributed by atoms with E-state index in [2.05, 4.69) is 15.3 Å². The number of rotatable bonds is 5. The quantitative estimate of drug-likeness (QED) is 0.879. The Hall–Kier alpha value is -1.75. The van der Waals surface area contributed by atoms with Gasteiger partial charge in [-0.3, -0.25) is 0 Å². The molecule has 1 aliphatic rings. The first-order chi connectivity index (χ1) is 10.1. The van der Waals surface area contributed by atoms with Crippen molar-refractivity contribution < 1.29 is 8.78 Å². The van der Waals surface area contributed by atoms with Gasteiger partial charge in [0.2, 0.25) is 0 Å². The van der Waals surface area contributed by atoms with Crippen molar-refractivity contribution in [1.29, 1.82) is 0 Å². The second kappa shape index (κ2) is 5.93. The predicted molar refractivity (Wildman–Crippen MR) is 77.7 cm³/mol. The summed E-state index contributed by atoms with van der Waals surface area (Å²) in [6, 6.07) is 3.97. The summed E-state index contributed by atoms with van der Waals surface area (Å²) in [6.45, 7) is 3.05. The van der Waals surface area contributed by atoms with Crippen LogP contribution in [-0.4, -0.2) is 16.5 Å². The largest absolute Gasteiger partial charge is 0.341 e. The van der Waals surface area contributed by atoms with E-state index in [1.165, 1.54) is 25.3 Å². The lowest BCUT2D eigenvalue weighted by atomic mass is 9.85. The first-order valence-electron chi connectivity index (χ1n) is 7.37. The van der Waals surface area contributed by atoms with E-state index in [1.54, 1.807) is 12.3 Å². The molecule has 1 atom stereocenters. The Bertz CT molecular complexity index is 620. The van der Waals surface area contributed by atoms with Gasteiger partial charge >= 0.3 is 0 Å². The maximum absolute atomic E-state index is 13.3. The molecule has 1 aliphatic carbocycles. The molecule has 1 unspecified atom stereocenters. The average molecular weight is 291 g/mol. The van der Waals surface area contributed by atoms with Crippen molar-refractivity contribution in [2.24, 2.45) is 5.92 Å². The van der Waals surface area contributed by atoms with E-state index in [1.807, 2.05) is 6.92 Å². The fraction of sp³-hybridized carbons (Fsp3) is 0.438. The van der Waals surface area contributed by atoms with E-state index in [-0.39, 0.29) is 6.04 Å². The number of nitrogens with zero attached hydrogens (tertiary/aromatic N) is 1. The fourth-order valence-electron chi connectivity index (χ4n) is 2.50. The number of imidazole rings is 1. The number of hydrogen-bond donors (Lipinski definition) is 2. The second-order valence-corrected chi connectivity index (χ2v) is 5.74. The number of H-pyrrole nitrogens is 1. The minimum atomic E-state index is -0.847. The Kier molecular flexibility index (Phi) is 4.01. The van der Waals surface area contributed by atoms with Crippen LogP contribution in [0.5, 0.6) is 0 Å². The van der Waals surface area contributed by atoms with Crippen molar-refractivity contribution in [3.8, 4) is 11.3 Å². The van der Waals surface area contributed by atoms with Gasteiger partial charge in [-0.2, -0.15) is 0 Å².